The summed E-state index contributed by atoms with van der Waals surface area (Å²) in [5, 5.41) is 11.8. The quantitative estimate of drug-likeness (QED) is 0.856. The van der Waals surface area contributed by atoms with Gasteiger partial charge < -0.3 is 10.4 Å². The van der Waals surface area contributed by atoms with Gasteiger partial charge in [0, 0.05) is 12.1 Å². The smallest absolute Gasteiger partial charge is 0.251 e. The Balaban J connectivity index is 2.70. The van der Waals surface area contributed by atoms with Crippen LogP contribution in [0, 0.1) is 5.82 Å². The fourth-order valence-corrected chi connectivity index (χ4v) is 1.22. The van der Waals surface area contributed by atoms with E-state index in [0.717, 1.165) is 6.07 Å². The Morgan fingerprint density at radius 3 is 2.69 bits per heavy atom. The fraction of sp³-hybridized carbons (Fsp3) is 0.364. The predicted octanol–water partition coefficient (Wildman–Crippen LogP) is 1.98. The van der Waals surface area contributed by atoms with Crippen molar-refractivity contribution in [3.05, 3.63) is 34.6 Å². The molecule has 0 aliphatic rings. The lowest BCUT2D eigenvalue weighted by atomic mass is 10.1. The number of hydrogen-bond donors (Lipinski definition) is 2. The van der Waals surface area contributed by atoms with Gasteiger partial charge in [0.15, 0.2) is 0 Å². The molecule has 5 heteroatoms. The van der Waals surface area contributed by atoms with Crippen LogP contribution in [-0.2, 0) is 0 Å². The van der Waals surface area contributed by atoms with Crippen LogP contribution in [0.3, 0.4) is 0 Å². The molecule has 0 radical (unpaired) electrons. The minimum atomic E-state index is -0.987. The number of halogens is 2. The summed E-state index contributed by atoms with van der Waals surface area (Å²) in [4.78, 5) is 11.6. The third-order valence-electron chi connectivity index (χ3n) is 1.86. The molecule has 2 N–H and O–H groups in total. The summed E-state index contributed by atoms with van der Waals surface area (Å²) in [7, 11) is 0. The van der Waals surface area contributed by atoms with Gasteiger partial charge in [0.25, 0.3) is 5.91 Å². The molecule has 0 saturated carbocycles. The highest BCUT2D eigenvalue weighted by Crippen LogP contribution is 2.15. The van der Waals surface area contributed by atoms with Crippen LogP contribution < -0.4 is 5.32 Å². The summed E-state index contributed by atoms with van der Waals surface area (Å²) >= 11 is 5.54. The second kappa shape index (κ2) is 4.80. The van der Waals surface area contributed by atoms with Crippen molar-refractivity contribution in [2.75, 3.05) is 6.54 Å². The largest absolute Gasteiger partial charge is 0.389 e. The van der Waals surface area contributed by atoms with Crippen molar-refractivity contribution in [2.24, 2.45) is 0 Å². The average Bonchev–Trinajstić information content (AvgIpc) is 2.17. The number of benzene rings is 1. The number of carbonyl (C=O) groups excluding carboxylic acids is 1. The zero-order valence-electron chi connectivity index (χ0n) is 9.05. The molecule has 3 nitrogen and oxygen atoms in total. The summed E-state index contributed by atoms with van der Waals surface area (Å²) in [5.41, 5.74) is -0.727. The second-order valence-corrected chi connectivity index (χ2v) is 4.53. The molecule has 0 aromatic heterocycles. The standard InChI is InChI=1S/C11H13ClFNO2/c1-11(2,16)6-14-10(15)7-3-4-9(13)8(12)5-7/h3-5,16H,6H2,1-2H3,(H,14,15). The maximum atomic E-state index is 12.8. The molecule has 0 spiro atoms. The van der Waals surface area contributed by atoms with Crippen LogP contribution in [0.15, 0.2) is 18.2 Å². The Bertz CT molecular complexity index is 401. The molecule has 1 aromatic carbocycles. The zero-order chi connectivity index (χ0) is 12.3. The number of amides is 1. The first kappa shape index (κ1) is 12.9. The van der Waals surface area contributed by atoms with Crippen molar-refractivity contribution in [1.29, 1.82) is 0 Å². The van der Waals surface area contributed by atoms with E-state index in [0.29, 0.717) is 0 Å². The van der Waals surface area contributed by atoms with Crippen molar-refractivity contribution < 1.29 is 14.3 Å². The highest BCUT2D eigenvalue weighted by molar-refractivity contribution is 6.31. The lowest BCUT2D eigenvalue weighted by Gasteiger charge is -2.17. The molecule has 0 unspecified atom stereocenters. The van der Waals surface area contributed by atoms with Gasteiger partial charge >= 0.3 is 0 Å². The molecule has 88 valence electrons. The van der Waals surface area contributed by atoms with E-state index in [-0.39, 0.29) is 17.1 Å². The first-order chi connectivity index (χ1) is 7.29. The Morgan fingerprint density at radius 2 is 2.19 bits per heavy atom. The molecular weight excluding hydrogens is 233 g/mol. The third-order valence-corrected chi connectivity index (χ3v) is 2.15. The Morgan fingerprint density at radius 1 is 1.56 bits per heavy atom. The molecule has 16 heavy (non-hydrogen) atoms. The number of carbonyl (C=O) groups is 1. The molecule has 1 rings (SSSR count). The predicted molar refractivity (Wildman–Crippen MR) is 60.0 cm³/mol. The molecule has 1 aromatic rings. The van der Waals surface area contributed by atoms with Gasteiger partial charge in [-0.2, -0.15) is 0 Å². The van der Waals surface area contributed by atoms with E-state index in [4.69, 9.17) is 11.6 Å². The van der Waals surface area contributed by atoms with Crippen LogP contribution in [0.2, 0.25) is 5.02 Å². The van der Waals surface area contributed by atoms with Gasteiger partial charge in [-0.1, -0.05) is 11.6 Å². The first-order valence-corrected chi connectivity index (χ1v) is 5.13. The summed E-state index contributed by atoms with van der Waals surface area (Å²) in [6, 6.07) is 3.71. The van der Waals surface area contributed by atoms with Gasteiger partial charge in [0.1, 0.15) is 5.82 Å². The van der Waals surface area contributed by atoms with Crippen molar-refractivity contribution in [3.63, 3.8) is 0 Å². The molecule has 0 atom stereocenters. The van der Waals surface area contributed by atoms with Crippen LogP contribution in [-0.4, -0.2) is 23.2 Å². The molecule has 1 amide bonds. The summed E-state index contributed by atoms with van der Waals surface area (Å²) in [5.74, 6) is -0.968. The van der Waals surface area contributed by atoms with E-state index in [1.165, 1.54) is 12.1 Å². The zero-order valence-corrected chi connectivity index (χ0v) is 9.81. The Hall–Kier alpha value is -1.13. The molecule has 0 heterocycles. The molecule has 0 saturated heterocycles. The van der Waals surface area contributed by atoms with Crippen LogP contribution in [0.1, 0.15) is 24.2 Å². The van der Waals surface area contributed by atoms with E-state index in [2.05, 4.69) is 5.32 Å². The number of rotatable bonds is 3. The molecule has 0 bridgehead atoms. The summed E-state index contributed by atoms with van der Waals surface area (Å²) in [6.45, 7) is 3.26. The van der Waals surface area contributed by atoms with E-state index in [1.807, 2.05) is 0 Å². The normalized spacial score (nSPS) is 11.3. The average molecular weight is 246 g/mol. The van der Waals surface area contributed by atoms with Gasteiger partial charge in [0.2, 0.25) is 0 Å². The Labute approximate surface area is 98.2 Å². The van der Waals surface area contributed by atoms with E-state index in [9.17, 15) is 14.3 Å². The molecule has 0 fully saturated rings. The maximum Gasteiger partial charge on any atom is 0.251 e. The van der Waals surface area contributed by atoms with Crippen molar-refractivity contribution in [3.8, 4) is 0 Å². The van der Waals surface area contributed by atoms with Crippen molar-refractivity contribution in [1.82, 2.24) is 5.32 Å². The van der Waals surface area contributed by atoms with Crippen molar-refractivity contribution >= 4 is 17.5 Å². The highest BCUT2D eigenvalue weighted by atomic mass is 35.5. The van der Waals surface area contributed by atoms with Crippen LogP contribution in [0.5, 0.6) is 0 Å². The lowest BCUT2D eigenvalue weighted by molar-refractivity contribution is 0.0694. The molecule has 0 aliphatic heterocycles. The minimum absolute atomic E-state index is 0.101. The van der Waals surface area contributed by atoms with Gasteiger partial charge in [-0.15, -0.1) is 0 Å². The number of hydrogen-bond acceptors (Lipinski definition) is 2. The van der Waals surface area contributed by atoms with Crippen LogP contribution in [0.25, 0.3) is 0 Å². The van der Waals surface area contributed by atoms with Crippen molar-refractivity contribution in [2.45, 2.75) is 19.4 Å². The summed E-state index contributed by atoms with van der Waals surface area (Å²) in [6.07, 6.45) is 0. The minimum Gasteiger partial charge on any atom is -0.389 e. The third kappa shape index (κ3) is 3.79. The maximum absolute atomic E-state index is 12.8. The Kier molecular flexibility index (Phi) is 3.88. The van der Waals surface area contributed by atoms with E-state index in [1.54, 1.807) is 13.8 Å². The summed E-state index contributed by atoms with van der Waals surface area (Å²) < 4.78 is 12.8. The highest BCUT2D eigenvalue weighted by Gasteiger charge is 2.15. The first-order valence-electron chi connectivity index (χ1n) is 4.75. The van der Waals surface area contributed by atoms with Gasteiger partial charge in [-0.05, 0) is 32.0 Å². The SMILES string of the molecule is CC(C)(O)CNC(=O)c1ccc(F)c(Cl)c1. The topological polar surface area (TPSA) is 49.3 Å². The van der Waals surface area contributed by atoms with Gasteiger partial charge in [-0.3, -0.25) is 4.79 Å². The van der Waals surface area contributed by atoms with E-state index >= 15 is 0 Å². The van der Waals surface area contributed by atoms with E-state index < -0.39 is 17.3 Å². The molecule has 0 aliphatic carbocycles. The molecular formula is C11H13ClFNO2. The van der Waals surface area contributed by atoms with Gasteiger partial charge in [-0.25, -0.2) is 4.39 Å². The van der Waals surface area contributed by atoms with Crippen LogP contribution >= 0.6 is 11.6 Å². The monoisotopic (exact) mass is 245 g/mol. The van der Waals surface area contributed by atoms with Gasteiger partial charge in [0.05, 0.1) is 10.6 Å². The fourth-order valence-electron chi connectivity index (χ4n) is 1.04. The number of aliphatic hydroxyl groups is 1. The second-order valence-electron chi connectivity index (χ2n) is 4.12. The number of nitrogens with one attached hydrogen (secondary N) is 1. The lowest BCUT2D eigenvalue weighted by Crippen LogP contribution is -2.38. The van der Waals surface area contributed by atoms with Crippen LogP contribution in [0.4, 0.5) is 4.39 Å².